The van der Waals surface area contributed by atoms with Gasteiger partial charge in [-0.2, -0.15) is 13.2 Å². The van der Waals surface area contributed by atoms with Crippen molar-refractivity contribution >= 4 is 43.9 Å². The van der Waals surface area contributed by atoms with Crippen molar-refractivity contribution in [3.63, 3.8) is 0 Å². The molecule has 38 heavy (non-hydrogen) atoms. The van der Waals surface area contributed by atoms with E-state index in [-0.39, 0.29) is 5.91 Å². The standard InChI is InChI=1S/C31H21F3N2OS/c1-18-2-4-19(5-3-18)21-8-12-25-27(17-21)38-29(20-6-9-23(10-7-20)31(32,33)34)28(25)30(37)36-24-11-13-26-22(16-24)14-15-35-26/h2-17,35H,1H3,(H,36,37). The zero-order valence-electron chi connectivity index (χ0n) is 20.2. The fraction of sp³-hybridized carbons (Fsp3) is 0.0645. The molecule has 0 aliphatic heterocycles. The van der Waals surface area contributed by atoms with E-state index < -0.39 is 11.7 Å². The Hall–Kier alpha value is -4.36. The molecular weight excluding hydrogens is 505 g/mol. The molecule has 0 fully saturated rings. The van der Waals surface area contributed by atoms with Crippen molar-refractivity contribution in [1.82, 2.24) is 4.98 Å². The number of hydrogen-bond donors (Lipinski definition) is 2. The van der Waals surface area contributed by atoms with Gasteiger partial charge in [-0.3, -0.25) is 4.79 Å². The molecule has 2 heterocycles. The van der Waals surface area contributed by atoms with Gasteiger partial charge in [-0.05, 0) is 66.1 Å². The van der Waals surface area contributed by atoms with Gasteiger partial charge in [0.1, 0.15) is 0 Å². The van der Waals surface area contributed by atoms with Gasteiger partial charge in [0.25, 0.3) is 5.91 Å². The maximum Gasteiger partial charge on any atom is 0.416 e. The summed E-state index contributed by atoms with van der Waals surface area (Å²) in [6, 6.07) is 26.6. The number of rotatable bonds is 4. The molecule has 188 valence electrons. The predicted molar refractivity (Wildman–Crippen MR) is 149 cm³/mol. The first-order valence-corrected chi connectivity index (χ1v) is 12.8. The van der Waals surface area contributed by atoms with E-state index in [1.54, 1.807) is 0 Å². The molecule has 3 nitrogen and oxygen atoms in total. The maximum atomic E-state index is 13.7. The highest BCUT2D eigenvalue weighted by Crippen LogP contribution is 2.42. The third-order valence-electron chi connectivity index (χ3n) is 6.59. The number of hydrogen-bond acceptors (Lipinski definition) is 2. The lowest BCUT2D eigenvalue weighted by molar-refractivity contribution is -0.137. The Balaban J connectivity index is 1.46. The van der Waals surface area contributed by atoms with Gasteiger partial charge >= 0.3 is 6.18 Å². The molecule has 0 spiro atoms. The molecule has 0 saturated heterocycles. The molecule has 0 radical (unpaired) electrons. The Bertz CT molecular complexity index is 1800. The van der Waals surface area contributed by atoms with Crippen LogP contribution < -0.4 is 5.32 Å². The van der Waals surface area contributed by atoms with Crippen molar-refractivity contribution in [3.8, 4) is 21.6 Å². The number of halogens is 3. The molecular formula is C31H21F3N2OS. The van der Waals surface area contributed by atoms with E-state index in [1.165, 1.54) is 23.5 Å². The van der Waals surface area contributed by atoms with Crippen LogP contribution in [-0.2, 0) is 6.18 Å². The Morgan fingerprint density at radius 2 is 1.53 bits per heavy atom. The third kappa shape index (κ3) is 4.46. The molecule has 4 aromatic carbocycles. The number of benzene rings is 4. The summed E-state index contributed by atoms with van der Waals surface area (Å²) in [5, 5.41) is 4.70. The van der Waals surface area contributed by atoms with Crippen molar-refractivity contribution in [2.24, 2.45) is 0 Å². The monoisotopic (exact) mass is 526 g/mol. The summed E-state index contributed by atoms with van der Waals surface area (Å²) in [6.45, 7) is 2.03. The topological polar surface area (TPSA) is 44.9 Å². The van der Waals surface area contributed by atoms with Crippen LogP contribution in [0.5, 0.6) is 0 Å². The van der Waals surface area contributed by atoms with Crippen LogP contribution in [0.3, 0.4) is 0 Å². The van der Waals surface area contributed by atoms with Gasteiger partial charge in [-0.15, -0.1) is 11.3 Å². The number of alkyl halides is 3. The molecule has 0 atom stereocenters. The molecule has 6 rings (SSSR count). The number of aromatic nitrogens is 1. The minimum absolute atomic E-state index is 0.316. The molecule has 2 N–H and O–H groups in total. The van der Waals surface area contributed by atoms with E-state index in [0.717, 1.165) is 49.8 Å². The first-order chi connectivity index (χ1) is 18.3. The number of thiophene rings is 1. The quantitative estimate of drug-likeness (QED) is 0.236. The van der Waals surface area contributed by atoms with Crippen LogP contribution in [0.1, 0.15) is 21.5 Å². The summed E-state index contributed by atoms with van der Waals surface area (Å²) < 4.78 is 40.5. The lowest BCUT2D eigenvalue weighted by Gasteiger charge is -2.10. The summed E-state index contributed by atoms with van der Waals surface area (Å²) in [7, 11) is 0. The zero-order chi connectivity index (χ0) is 26.4. The van der Waals surface area contributed by atoms with E-state index in [4.69, 9.17) is 0 Å². The van der Waals surface area contributed by atoms with E-state index in [1.807, 2.05) is 79.9 Å². The number of aryl methyl sites for hydroxylation is 1. The number of anilines is 1. The second-order valence-corrected chi connectivity index (χ2v) is 10.2. The first kappa shape index (κ1) is 24.0. The van der Waals surface area contributed by atoms with Crippen LogP contribution in [-0.4, -0.2) is 10.9 Å². The van der Waals surface area contributed by atoms with Gasteiger partial charge in [0, 0.05) is 37.8 Å². The summed E-state index contributed by atoms with van der Waals surface area (Å²) in [5.41, 5.74) is 5.07. The van der Waals surface area contributed by atoms with Gasteiger partial charge < -0.3 is 10.3 Å². The molecule has 6 aromatic rings. The molecule has 0 unspecified atom stereocenters. The summed E-state index contributed by atoms with van der Waals surface area (Å²) >= 11 is 1.40. The summed E-state index contributed by atoms with van der Waals surface area (Å²) in [5.74, 6) is -0.316. The number of carbonyl (C=O) groups excluding carboxylic acids is 1. The number of amides is 1. The van der Waals surface area contributed by atoms with Crippen molar-refractivity contribution < 1.29 is 18.0 Å². The molecule has 7 heteroatoms. The zero-order valence-corrected chi connectivity index (χ0v) is 21.0. The highest BCUT2D eigenvalue weighted by molar-refractivity contribution is 7.22. The van der Waals surface area contributed by atoms with Crippen LogP contribution in [0.4, 0.5) is 18.9 Å². The Labute approximate surface area is 220 Å². The maximum absolute atomic E-state index is 13.7. The first-order valence-electron chi connectivity index (χ1n) is 12.0. The number of nitrogens with one attached hydrogen (secondary N) is 2. The van der Waals surface area contributed by atoms with Gasteiger partial charge in [0.2, 0.25) is 0 Å². The van der Waals surface area contributed by atoms with E-state index >= 15 is 0 Å². The SMILES string of the molecule is Cc1ccc(-c2ccc3c(C(=O)Nc4ccc5[nH]ccc5c4)c(-c4ccc(C(F)(F)F)cc4)sc3c2)cc1. The Kier molecular flexibility index (Phi) is 5.80. The fourth-order valence-electron chi connectivity index (χ4n) is 4.59. The van der Waals surface area contributed by atoms with Crippen LogP contribution in [0, 0.1) is 6.92 Å². The van der Waals surface area contributed by atoms with Gasteiger partial charge in [0.15, 0.2) is 0 Å². The molecule has 1 amide bonds. The fourth-order valence-corrected chi connectivity index (χ4v) is 5.83. The van der Waals surface area contributed by atoms with E-state index in [2.05, 4.69) is 10.3 Å². The number of aromatic amines is 1. The number of H-pyrrole nitrogens is 1. The number of fused-ring (bicyclic) bond motifs is 2. The van der Waals surface area contributed by atoms with Gasteiger partial charge in [0.05, 0.1) is 11.1 Å². The lowest BCUT2D eigenvalue weighted by Crippen LogP contribution is -2.12. The molecule has 0 aliphatic rings. The Morgan fingerprint density at radius 3 is 2.26 bits per heavy atom. The molecule has 0 aliphatic carbocycles. The van der Waals surface area contributed by atoms with Crippen molar-refractivity contribution in [2.75, 3.05) is 5.32 Å². The van der Waals surface area contributed by atoms with Crippen LogP contribution in [0.2, 0.25) is 0 Å². The minimum Gasteiger partial charge on any atom is -0.361 e. The van der Waals surface area contributed by atoms with Crippen molar-refractivity contribution in [1.29, 1.82) is 0 Å². The summed E-state index contributed by atoms with van der Waals surface area (Å²) in [4.78, 5) is 17.4. The highest BCUT2D eigenvalue weighted by atomic mass is 32.1. The smallest absolute Gasteiger partial charge is 0.361 e. The largest absolute Gasteiger partial charge is 0.416 e. The molecule has 0 bridgehead atoms. The normalized spacial score (nSPS) is 11.8. The lowest BCUT2D eigenvalue weighted by atomic mass is 10.00. The molecule has 0 saturated carbocycles. The second-order valence-electron chi connectivity index (χ2n) is 9.19. The molecule has 2 aromatic heterocycles. The second kappa shape index (κ2) is 9.19. The highest BCUT2D eigenvalue weighted by Gasteiger charge is 2.30. The third-order valence-corrected chi connectivity index (χ3v) is 7.79. The van der Waals surface area contributed by atoms with E-state index in [9.17, 15) is 18.0 Å². The van der Waals surface area contributed by atoms with Crippen LogP contribution in [0.25, 0.3) is 42.6 Å². The number of carbonyl (C=O) groups is 1. The van der Waals surface area contributed by atoms with Gasteiger partial charge in [-0.1, -0.05) is 54.1 Å². The average molecular weight is 527 g/mol. The van der Waals surface area contributed by atoms with Crippen LogP contribution in [0.15, 0.2) is 97.2 Å². The minimum atomic E-state index is -4.43. The average Bonchev–Trinajstić information content (AvgIpc) is 3.52. The van der Waals surface area contributed by atoms with Gasteiger partial charge in [-0.25, -0.2) is 0 Å². The van der Waals surface area contributed by atoms with E-state index in [0.29, 0.717) is 21.7 Å². The van der Waals surface area contributed by atoms with Crippen molar-refractivity contribution in [2.45, 2.75) is 13.1 Å². The van der Waals surface area contributed by atoms with Crippen molar-refractivity contribution in [3.05, 3.63) is 114 Å². The van der Waals surface area contributed by atoms with Crippen LogP contribution >= 0.6 is 11.3 Å². The Morgan fingerprint density at radius 1 is 0.816 bits per heavy atom. The predicted octanol–water partition coefficient (Wildman–Crippen LogP) is 9.30. The summed E-state index contributed by atoms with van der Waals surface area (Å²) in [6.07, 6.45) is -2.60.